The molecule has 0 amide bonds. The first kappa shape index (κ1) is 15.9. The molecule has 8 heteroatoms. The van der Waals surface area contributed by atoms with Crippen LogP contribution in [0.3, 0.4) is 0 Å². The first-order chi connectivity index (χ1) is 9.27. The normalized spacial score (nSPS) is 11.4. The number of ether oxygens (including phenoxy) is 1. The summed E-state index contributed by atoms with van der Waals surface area (Å²) in [6.45, 7) is 0. The molecular formula is C12H6BrCl3O3S. The SMILES string of the molecule is O=S(=O)(Cl)c1ccc(Oc2ccc(Cl)cc2Cl)c(Br)c1. The second kappa shape index (κ2) is 6.12. The van der Waals surface area contributed by atoms with E-state index < -0.39 is 9.05 Å². The van der Waals surface area contributed by atoms with Gasteiger partial charge < -0.3 is 4.74 Å². The van der Waals surface area contributed by atoms with Gasteiger partial charge in [-0.25, -0.2) is 8.42 Å². The Kier molecular flexibility index (Phi) is 4.87. The van der Waals surface area contributed by atoms with Gasteiger partial charge in [0.15, 0.2) is 0 Å². The predicted octanol–water partition coefficient (Wildman–Crippen LogP) is 5.48. The molecule has 0 saturated carbocycles. The van der Waals surface area contributed by atoms with E-state index in [0.717, 1.165) is 0 Å². The lowest BCUT2D eigenvalue weighted by atomic mass is 10.3. The zero-order valence-electron chi connectivity index (χ0n) is 9.61. The van der Waals surface area contributed by atoms with Crippen molar-refractivity contribution in [1.29, 1.82) is 0 Å². The van der Waals surface area contributed by atoms with Crippen molar-refractivity contribution in [2.24, 2.45) is 0 Å². The summed E-state index contributed by atoms with van der Waals surface area (Å²) in [7, 11) is 1.47. The number of halogens is 4. The lowest BCUT2D eigenvalue weighted by Crippen LogP contribution is -1.92. The summed E-state index contributed by atoms with van der Waals surface area (Å²) in [5.41, 5.74) is 0. The lowest BCUT2D eigenvalue weighted by Gasteiger charge is -2.10. The van der Waals surface area contributed by atoms with Crippen LogP contribution in [0.4, 0.5) is 0 Å². The van der Waals surface area contributed by atoms with Crippen LogP contribution in [0.1, 0.15) is 0 Å². The third kappa shape index (κ3) is 3.80. The van der Waals surface area contributed by atoms with Crippen LogP contribution in [-0.2, 0) is 9.05 Å². The van der Waals surface area contributed by atoms with Gasteiger partial charge in [-0.05, 0) is 52.3 Å². The van der Waals surface area contributed by atoms with E-state index in [1.165, 1.54) is 18.2 Å². The van der Waals surface area contributed by atoms with Gasteiger partial charge in [-0.1, -0.05) is 23.2 Å². The summed E-state index contributed by atoms with van der Waals surface area (Å²) in [6, 6.07) is 8.96. The van der Waals surface area contributed by atoms with Crippen LogP contribution in [0.5, 0.6) is 11.5 Å². The standard InChI is InChI=1S/C12H6BrCl3O3S/c13-9-6-8(20(16,17)18)2-4-11(9)19-12-3-1-7(14)5-10(12)15/h1-6H. The third-order valence-electron chi connectivity index (χ3n) is 2.30. The van der Waals surface area contributed by atoms with E-state index in [1.807, 2.05) is 0 Å². The van der Waals surface area contributed by atoms with Gasteiger partial charge in [-0.2, -0.15) is 0 Å². The molecule has 20 heavy (non-hydrogen) atoms. The van der Waals surface area contributed by atoms with Crippen LogP contribution in [-0.4, -0.2) is 8.42 Å². The Morgan fingerprint density at radius 2 is 1.65 bits per heavy atom. The number of hydrogen-bond donors (Lipinski definition) is 0. The highest BCUT2D eigenvalue weighted by Crippen LogP contribution is 2.36. The fourth-order valence-electron chi connectivity index (χ4n) is 1.39. The molecule has 3 nitrogen and oxygen atoms in total. The molecule has 0 aliphatic heterocycles. The molecule has 106 valence electrons. The molecule has 0 aliphatic rings. The van der Waals surface area contributed by atoms with Gasteiger partial charge in [0.2, 0.25) is 0 Å². The predicted molar refractivity (Wildman–Crippen MR) is 83.7 cm³/mol. The summed E-state index contributed by atoms with van der Waals surface area (Å²) >= 11 is 15.0. The van der Waals surface area contributed by atoms with E-state index in [-0.39, 0.29) is 4.90 Å². The smallest absolute Gasteiger partial charge is 0.261 e. The van der Waals surface area contributed by atoms with Crippen molar-refractivity contribution < 1.29 is 13.2 Å². The molecular weight excluding hydrogens is 410 g/mol. The lowest BCUT2D eigenvalue weighted by molar-refractivity contribution is 0.479. The second-order valence-electron chi connectivity index (χ2n) is 3.71. The van der Waals surface area contributed by atoms with E-state index in [9.17, 15) is 8.42 Å². The highest BCUT2D eigenvalue weighted by molar-refractivity contribution is 9.10. The van der Waals surface area contributed by atoms with Crippen molar-refractivity contribution in [3.63, 3.8) is 0 Å². The van der Waals surface area contributed by atoms with Gasteiger partial charge in [-0.15, -0.1) is 0 Å². The van der Waals surface area contributed by atoms with Crippen LogP contribution in [0.15, 0.2) is 45.8 Å². The largest absolute Gasteiger partial charge is 0.455 e. The average molecular weight is 417 g/mol. The molecule has 0 unspecified atom stereocenters. The molecule has 0 N–H and O–H groups in total. The Morgan fingerprint density at radius 1 is 1.00 bits per heavy atom. The summed E-state index contributed by atoms with van der Waals surface area (Å²) < 4.78 is 28.5. The third-order valence-corrected chi connectivity index (χ3v) is 4.80. The van der Waals surface area contributed by atoms with Gasteiger partial charge in [0, 0.05) is 15.7 Å². The quantitative estimate of drug-likeness (QED) is 0.623. The Hall–Kier alpha value is -0.460. The van der Waals surface area contributed by atoms with E-state index in [2.05, 4.69) is 15.9 Å². The molecule has 2 aromatic rings. The van der Waals surface area contributed by atoms with Crippen LogP contribution < -0.4 is 4.74 Å². The molecule has 0 aromatic heterocycles. The fourth-order valence-corrected chi connectivity index (χ4v) is 3.23. The topological polar surface area (TPSA) is 43.4 Å². The van der Waals surface area contributed by atoms with Gasteiger partial charge in [-0.3, -0.25) is 0 Å². The van der Waals surface area contributed by atoms with Gasteiger partial charge in [0.25, 0.3) is 9.05 Å². The Morgan fingerprint density at radius 3 is 2.20 bits per heavy atom. The van der Waals surface area contributed by atoms with Gasteiger partial charge in [0.1, 0.15) is 11.5 Å². The van der Waals surface area contributed by atoms with Crippen LogP contribution in [0, 0.1) is 0 Å². The number of benzene rings is 2. The Balaban J connectivity index is 2.35. The second-order valence-corrected chi connectivity index (χ2v) is 7.97. The van der Waals surface area contributed by atoms with Crippen LogP contribution in [0.25, 0.3) is 0 Å². The van der Waals surface area contributed by atoms with Gasteiger partial charge >= 0.3 is 0 Å². The van der Waals surface area contributed by atoms with Crippen molar-refractivity contribution in [2.45, 2.75) is 4.90 Å². The van der Waals surface area contributed by atoms with E-state index in [1.54, 1.807) is 18.2 Å². The summed E-state index contributed by atoms with van der Waals surface area (Å²) in [5, 5.41) is 0.837. The zero-order chi connectivity index (χ0) is 14.9. The molecule has 0 atom stereocenters. The first-order valence-corrected chi connectivity index (χ1v) is 9.00. The van der Waals surface area contributed by atoms with E-state index in [0.29, 0.717) is 26.0 Å². The van der Waals surface area contributed by atoms with Crippen molar-refractivity contribution >= 4 is 58.9 Å². The number of rotatable bonds is 3. The minimum absolute atomic E-state index is 0.0272. The minimum atomic E-state index is -3.79. The molecule has 0 saturated heterocycles. The first-order valence-electron chi connectivity index (χ1n) is 5.14. The van der Waals surface area contributed by atoms with E-state index >= 15 is 0 Å². The molecule has 0 fully saturated rings. The molecule has 0 spiro atoms. The molecule has 2 rings (SSSR count). The summed E-state index contributed by atoms with van der Waals surface area (Å²) in [5.74, 6) is 0.802. The fraction of sp³-hybridized carbons (Fsp3) is 0. The molecule has 0 bridgehead atoms. The Bertz CT molecular complexity index is 763. The van der Waals surface area contributed by atoms with E-state index in [4.69, 9.17) is 38.6 Å². The summed E-state index contributed by atoms with van der Waals surface area (Å²) in [6.07, 6.45) is 0. The molecule has 0 heterocycles. The van der Waals surface area contributed by atoms with Crippen molar-refractivity contribution in [3.05, 3.63) is 50.9 Å². The summed E-state index contributed by atoms with van der Waals surface area (Å²) in [4.78, 5) is -0.0272. The van der Waals surface area contributed by atoms with Crippen LogP contribution in [0.2, 0.25) is 10.0 Å². The van der Waals surface area contributed by atoms with Crippen molar-refractivity contribution in [1.82, 2.24) is 0 Å². The maximum absolute atomic E-state index is 11.2. The van der Waals surface area contributed by atoms with Crippen molar-refractivity contribution in [2.75, 3.05) is 0 Å². The average Bonchev–Trinajstić information content (AvgIpc) is 2.33. The maximum Gasteiger partial charge on any atom is 0.261 e. The monoisotopic (exact) mass is 414 g/mol. The molecule has 2 aromatic carbocycles. The van der Waals surface area contributed by atoms with Crippen molar-refractivity contribution in [3.8, 4) is 11.5 Å². The van der Waals surface area contributed by atoms with Crippen LogP contribution >= 0.6 is 49.8 Å². The minimum Gasteiger partial charge on any atom is -0.455 e. The zero-order valence-corrected chi connectivity index (χ0v) is 14.3. The van der Waals surface area contributed by atoms with Gasteiger partial charge in [0.05, 0.1) is 14.4 Å². The number of hydrogen-bond acceptors (Lipinski definition) is 3. The highest BCUT2D eigenvalue weighted by Gasteiger charge is 2.13. The highest BCUT2D eigenvalue weighted by atomic mass is 79.9. The Labute approximate surface area is 139 Å². The maximum atomic E-state index is 11.2. The molecule has 0 aliphatic carbocycles. The molecule has 0 radical (unpaired) electrons.